The van der Waals surface area contributed by atoms with E-state index in [4.69, 9.17) is 0 Å². The number of carbonyl (C=O) groups is 1. The number of benzene rings is 2. The minimum atomic E-state index is -0.129. The van der Waals surface area contributed by atoms with Crippen molar-refractivity contribution < 1.29 is 4.79 Å². The average Bonchev–Trinajstić information content (AvgIpc) is 2.66. The highest BCUT2D eigenvalue weighted by Gasteiger charge is 2.14. The molecule has 2 aromatic carbocycles. The van der Waals surface area contributed by atoms with Crippen LogP contribution in [0.2, 0.25) is 0 Å². The molecule has 3 aromatic rings. The molecule has 0 spiro atoms. The first-order chi connectivity index (χ1) is 12.6. The van der Waals surface area contributed by atoms with Crippen LogP contribution >= 0.6 is 11.8 Å². The van der Waals surface area contributed by atoms with E-state index in [1.165, 1.54) is 11.8 Å². The van der Waals surface area contributed by atoms with E-state index in [0.29, 0.717) is 22.6 Å². The van der Waals surface area contributed by atoms with Gasteiger partial charge in [-0.25, -0.2) is 4.98 Å². The maximum Gasteiger partial charge on any atom is 0.266 e. The normalized spacial score (nSPS) is 10.8. The van der Waals surface area contributed by atoms with E-state index in [9.17, 15) is 9.59 Å². The van der Waals surface area contributed by atoms with Crippen LogP contribution in [-0.2, 0) is 4.79 Å². The zero-order chi connectivity index (χ0) is 18.5. The maximum atomic E-state index is 13.1. The summed E-state index contributed by atoms with van der Waals surface area (Å²) in [6, 6.07) is 15.0. The first kappa shape index (κ1) is 18.2. The second kappa shape index (κ2) is 8.19. The molecule has 5 nitrogen and oxygen atoms in total. The lowest BCUT2D eigenvalue weighted by Gasteiger charge is -2.13. The quantitative estimate of drug-likeness (QED) is 0.536. The number of amides is 1. The number of aromatic nitrogens is 2. The largest absolute Gasteiger partial charge is 0.355 e. The molecule has 0 fully saturated rings. The Morgan fingerprint density at radius 2 is 1.88 bits per heavy atom. The Morgan fingerprint density at radius 1 is 1.15 bits per heavy atom. The number of hydrogen-bond donors (Lipinski definition) is 1. The van der Waals surface area contributed by atoms with E-state index >= 15 is 0 Å². The van der Waals surface area contributed by atoms with Crippen molar-refractivity contribution in [1.82, 2.24) is 14.9 Å². The number of para-hydroxylation sites is 1. The average molecular weight is 367 g/mol. The van der Waals surface area contributed by atoms with Gasteiger partial charge >= 0.3 is 0 Å². The van der Waals surface area contributed by atoms with Gasteiger partial charge in [0.05, 0.1) is 22.3 Å². The molecule has 134 valence electrons. The fourth-order valence-corrected chi connectivity index (χ4v) is 3.42. The summed E-state index contributed by atoms with van der Waals surface area (Å²) in [6.45, 7) is 4.65. The number of carbonyl (C=O) groups excluding carboxylic acids is 1. The summed E-state index contributed by atoms with van der Waals surface area (Å²) in [5, 5.41) is 3.93. The molecule has 26 heavy (non-hydrogen) atoms. The molecule has 0 saturated carbocycles. The summed E-state index contributed by atoms with van der Waals surface area (Å²) >= 11 is 1.27. The van der Waals surface area contributed by atoms with Gasteiger partial charge in [-0.15, -0.1) is 0 Å². The molecule has 6 heteroatoms. The molecule has 0 unspecified atom stereocenters. The van der Waals surface area contributed by atoms with Gasteiger partial charge in [-0.1, -0.05) is 48.5 Å². The molecule has 1 N–H and O–H groups in total. The summed E-state index contributed by atoms with van der Waals surface area (Å²) in [5.74, 6) is 0.158. The molecular weight excluding hydrogens is 346 g/mol. The smallest absolute Gasteiger partial charge is 0.266 e. The number of rotatable bonds is 6. The SMILES string of the molecule is CCCNC(=O)CSc1nc2ccccc2c(=O)n1-c1ccc(C)cc1. The summed E-state index contributed by atoms with van der Waals surface area (Å²) in [6.07, 6.45) is 0.888. The number of thioether (sulfide) groups is 1. The predicted octanol–water partition coefficient (Wildman–Crippen LogP) is 3.31. The molecule has 0 atom stereocenters. The van der Waals surface area contributed by atoms with Crippen LogP contribution in [0.25, 0.3) is 16.6 Å². The highest BCUT2D eigenvalue weighted by molar-refractivity contribution is 7.99. The fourth-order valence-electron chi connectivity index (χ4n) is 2.58. The highest BCUT2D eigenvalue weighted by Crippen LogP contribution is 2.21. The van der Waals surface area contributed by atoms with Crippen molar-refractivity contribution in [3.8, 4) is 5.69 Å². The van der Waals surface area contributed by atoms with Crippen molar-refractivity contribution in [2.45, 2.75) is 25.4 Å². The Kier molecular flexibility index (Phi) is 5.73. The van der Waals surface area contributed by atoms with Crippen molar-refractivity contribution >= 4 is 28.6 Å². The molecule has 0 aliphatic carbocycles. The van der Waals surface area contributed by atoms with Crippen LogP contribution in [0.4, 0.5) is 0 Å². The Morgan fingerprint density at radius 3 is 2.62 bits per heavy atom. The highest BCUT2D eigenvalue weighted by atomic mass is 32.2. The zero-order valence-corrected chi connectivity index (χ0v) is 15.7. The second-order valence-electron chi connectivity index (χ2n) is 6.03. The number of aryl methyl sites for hydroxylation is 1. The molecule has 1 amide bonds. The Hall–Kier alpha value is -2.60. The van der Waals surface area contributed by atoms with Crippen LogP contribution < -0.4 is 10.9 Å². The first-order valence-corrected chi connectivity index (χ1v) is 9.57. The Labute approximate surface area is 156 Å². The zero-order valence-electron chi connectivity index (χ0n) is 14.9. The molecule has 0 aliphatic heterocycles. The van der Waals surface area contributed by atoms with Crippen molar-refractivity contribution in [2.24, 2.45) is 0 Å². The van der Waals surface area contributed by atoms with Gasteiger partial charge in [-0.3, -0.25) is 14.2 Å². The van der Waals surface area contributed by atoms with Crippen LogP contribution in [0.1, 0.15) is 18.9 Å². The van der Waals surface area contributed by atoms with Crippen LogP contribution in [0.5, 0.6) is 0 Å². The van der Waals surface area contributed by atoms with Crippen molar-refractivity contribution in [3.05, 3.63) is 64.4 Å². The Balaban J connectivity index is 2.04. The molecule has 0 bridgehead atoms. The van der Waals surface area contributed by atoms with Crippen molar-refractivity contribution in [1.29, 1.82) is 0 Å². The Bertz CT molecular complexity index is 981. The van der Waals surface area contributed by atoms with E-state index in [-0.39, 0.29) is 17.2 Å². The number of nitrogens with zero attached hydrogens (tertiary/aromatic N) is 2. The molecule has 0 aliphatic rings. The minimum absolute atomic E-state index is 0.0605. The molecule has 0 radical (unpaired) electrons. The second-order valence-corrected chi connectivity index (χ2v) is 6.97. The number of fused-ring (bicyclic) bond motifs is 1. The van der Waals surface area contributed by atoms with E-state index in [0.717, 1.165) is 17.7 Å². The summed E-state index contributed by atoms with van der Waals surface area (Å²) in [4.78, 5) is 29.7. The third-order valence-electron chi connectivity index (χ3n) is 3.94. The maximum absolute atomic E-state index is 13.1. The topological polar surface area (TPSA) is 64.0 Å². The number of hydrogen-bond acceptors (Lipinski definition) is 4. The summed E-state index contributed by atoms with van der Waals surface area (Å²) in [7, 11) is 0. The third-order valence-corrected chi connectivity index (χ3v) is 4.88. The minimum Gasteiger partial charge on any atom is -0.355 e. The van der Waals surface area contributed by atoms with Crippen molar-refractivity contribution in [2.75, 3.05) is 12.3 Å². The molecular formula is C20H21N3O2S. The van der Waals surface area contributed by atoms with Crippen LogP contribution in [0.15, 0.2) is 58.5 Å². The number of nitrogens with one attached hydrogen (secondary N) is 1. The third kappa shape index (κ3) is 3.96. The van der Waals surface area contributed by atoms with Gasteiger partial charge in [0.2, 0.25) is 5.91 Å². The van der Waals surface area contributed by atoms with E-state index in [1.54, 1.807) is 10.6 Å². The summed E-state index contributed by atoms with van der Waals surface area (Å²) < 4.78 is 1.58. The van der Waals surface area contributed by atoms with Crippen LogP contribution in [0, 0.1) is 6.92 Å². The molecule has 1 heterocycles. The lowest BCUT2D eigenvalue weighted by Crippen LogP contribution is -2.27. The van der Waals surface area contributed by atoms with Crippen molar-refractivity contribution in [3.63, 3.8) is 0 Å². The van der Waals surface area contributed by atoms with Gasteiger partial charge in [-0.2, -0.15) is 0 Å². The lowest BCUT2D eigenvalue weighted by molar-refractivity contribution is -0.118. The van der Waals surface area contributed by atoms with Crippen LogP contribution in [-0.4, -0.2) is 27.8 Å². The van der Waals surface area contributed by atoms with Crippen LogP contribution in [0.3, 0.4) is 0 Å². The summed E-state index contributed by atoms with van der Waals surface area (Å²) in [5.41, 5.74) is 2.37. The lowest BCUT2D eigenvalue weighted by atomic mass is 10.2. The van der Waals surface area contributed by atoms with Gasteiger partial charge in [0.1, 0.15) is 0 Å². The molecule has 3 rings (SSSR count). The monoisotopic (exact) mass is 367 g/mol. The van der Waals surface area contributed by atoms with Gasteiger partial charge < -0.3 is 5.32 Å². The van der Waals surface area contributed by atoms with Gasteiger partial charge in [-0.05, 0) is 37.6 Å². The molecule has 1 aromatic heterocycles. The predicted molar refractivity (Wildman–Crippen MR) is 106 cm³/mol. The van der Waals surface area contributed by atoms with E-state index in [1.807, 2.05) is 56.3 Å². The fraction of sp³-hybridized carbons (Fsp3) is 0.250. The van der Waals surface area contributed by atoms with Gasteiger partial charge in [0.25, 0.3) is 5.56 Å². The van der Waals surface area contributed by atoms with Gasteiger partial charge in [0, 0.05) is 6.54 Å². The van der Waals surface area contributed by atoms with Gasteiger partial charge in [0.15, 0.2) is 5.16 Å². The standard InChI is InChI=1S/C20H21N3O2S/c1-3-12-21-18(24)13-26-20-22-17-7-5-4-6-16(17)19(25)23(20)15-10-8-14(2)9-11-15/h4-11H,3,12-13H2,1-2H3,(H,21,24). The first-order valence-electron chi connectivity index (χ1n) is 8.58. The van der Waals surface area contributed by atoms with E-state index < -0.39 is 0 Å². The molecule has 0 saturated heterocycles. The van der Waals surface area contributed by atoms with E-state index in [2.05, 4.69) is 10.3 Å².